The maximum Gasteiger partial charge on any atom is 0.248 e. The van der Waals surface area contributed by atoms with E-state index in [1.165, 1.54) is 6.42 Å². The highest BCUT2D eigenvalue weighted by Gasteiger charge is 2.33. The standard InChI is InChI=1S/C8H15NO.C6H11F2N/c1-2-5-9-6-3-4-8(9)7-10;7-6(8)3-1-5(9)2-4-6/h7-8H,2-6H2,1H3;5H,1-4,9H2. The lowest BCUT2D eigenvalue weighted by Gasteiger charge is -2.25. The van der Waals surface area contributed by atoms with Gasteiger partial charge in [-0.05, 0) is 45.2 Å². The highest BCUT2D eigenvalue weighted by Crippen LogP contribution is 2.31. The molecule has 2 rings (SSSR count). The smallest absolute Gasteiger partial charge is 0.248 e. The summed E-state index contributed by atoms with van der Waals surface area (Å²) in [7, 11) is 0. The van der Waals surface area contributed by atoms with E-state index in [2.05, 4.69) is 11.8 Å². The van der Waals surface area contributed by atoms with E-state index in [0.717, 1.165) is 32.2 Å². The summed E-state index contributed by atoms with van der Waals surface area (Å²) in [5.74, 6) is -2.42. The van der Waals surface area contributed by atoms with Crippen molar-refractivity contribution in [1.82, 2.24) is 4.90 Å². The van der Waals surface area contributed by atoms with Gasteiger partial charge in [0.25, 0.3) is 0 Å². The lowest BCUT2D eigenvalue weighted by molar-refractivity contribution is -0.111. The van der Waals surface area contributed by atoms with Crippen LogP contribution in [0.1, 0.15) is 51.9 Å². The van der Waals surface area contributed by atoms with E-state index in [1.54, 1.807) is 0 Å². The fourth-order valence-corrected chi connectivity index (χ4v) is 2.63. The molecule has 3 nitrogen and oxygen atoms in total. The summed E-state index contributed by atoms with van der Waals surface area (Å²) in [6, 6.07) is 0.254. The van der Waals surface area contributed by atoms with Crippen LogP contribution in [0.4, 0.5) is 8.78 Å². The fraction of sp³-hybridized carbons (Fsp3) is 0.929. The van der Waals surface area contributed by atoms with Gasteiger partial charge in [-0.3, -0.25) is 4.90 Å². The third-order valence-corrected chi connectivity index (χ3v) is 3.84. The van der Waals surface area contributed by atoms with Crippen molar-refractivity contribution in [3.05, 3.63) is 0 Å². The topological polar surface area (TPSA) is 46.3 Å². The highest BCUT2D eigenvalue weighted by atomic mass is 19.3. The molecule has 1 saturated carbocycles. The van der Waals surface area contributed by atoms with Gasteiger partial charge in [0, 0.05) is 18.9 Å². The molecule has 0 amide bonds. The molecule has 112 valence electrons. The van der Waals surface area contributed by atoms with E-state index in [-0.39, 0.29) is 24.9 Å². The molecule has 0 aromatic heterocycles. The van der Waals surface area contributed by atoms with Crippen molar-refractivity contribution in [1.29, 1.82) is 0 Å². The number of rotatable bonds is 3. The fourth-order valence-electron chi connectivity index (χ4n) is 2.63. The van der Waals surface area contributed by atoms with Gasteiger partial charge in [0.05, 0.1) is 6.04 Å². The van der Waals surface area contributed by atoms with Gasteiger partial charge in [-0.2, -0.15) is 0 Å². The van der Waals surface area contributed by atoms with Gasteiger partial charge in [0.1, 0.15) is 6.29 Å². The first-order valence-corrected chi connectivity index (χ1v) is 7.31. The molecule has 0 aromatic rings. The molecule has 0 spiro atoms. The molecule has 1 unspecified atom stereocenters. The molecule has 0 bridgehead atoms. The van der Waals surface area contributed by atoms with Crippen molar-refractivity contribution >= 4 is 6.29 Å². The van der Waals surface area contributed by atoms with Crippen LogP contribution in [0.15, 0.2) is 0 Å². The number of carbonyl (C=O) groups is 1. The van der Waals surface area contributed by atoms with Gasteiger partial charge in [-0.25, -0.2) is 8.78 Å². The third-order valence-electron chi connectivity index (χ3n) is 3.84. The number of likely N-dealkylation sites (tertiary alicyclic amines) is 1. The molecule has 0 radical (unpaired) electrons. The van der Waals surface area contributed by atoms with Gasteiger partial charge in [0.2, 0.25) is 5.92 Å². The summed E-state index contributed by atoms with van der Waals surface area (Å²) in [4.78, 5) is 12.7. The maximum atomic E-state index is 12.3. The number of nitrogens with zero attached hydrogens (tertiary/aromatic N) is 1. The van der Waals surface area contributed by atoms with Crippen LogP contribution in [0.25, 0.3) is 0 Å². The molecular formula is C14H26F2N2O. The quantitative estimate of drug-likeness (QED) is 0.806. The van der Waals surface area contributed by atoms with Crippen molar-refractivity contribution in [3.63, 3.8) is 0 Å². The van der Waals surface area contributed by atoms with Gasteiger partial charge in [-0.15, -0.1) is 0 Å². The van der Waals surface area contributed by atoms with Crippen molar-refractivity contribution < 1.29 is 13.6 Å². The second-order valence-corrected chi connectivity index (χ2v) is 5.58. The summed E-state index contributed by atoms with van der Waals surface area (Å²) in [5, 5.41) is 0. The van der Waals surface area contributed by atoms with Crippen molar-refractivity contribution in [2.45, 2.75) is 69.9 Å². The zero-order valence-electron chi connectivity index (χ0n) is 11.8. The lowest BCUT2D eigenvalue weighted by Crippen LogP contribution is -2.32. The highest BCUT2D eigenvalue weighted by molar-refractivity contribution is 5.58. The Kier molecular flexibility index (Phi) is 6.86. The summed E-state index contributed by atoms with van der Waals surface area (Å²) >= 11 is 0. The van der Waals surface area contributed by atoms with Crippen LogP contribution in [-0.2, 0) is 4.79 Å². The van der Waals surface area contributed by atoms with Gasteiger partial charge in [-0.1, -0.05) is 6.92 Å². The summed E-state index contributed by atoms with van der Waals surface area (Å²) < 4.78 is 24.6. The third kappa shape index (κ3) is 5.95. The van der Waals surface area contributed by atoms with E-state index < -0.39 is 5.92 Å². The van der Waals surface area contributed by atoms with Crippen molar-refractivity contribution in [3.8, 4) is 0 Å². The molecule has 2 aliphatic rings. The van der Waals surface area contributed by atoms with Crippen molar-refractivity contribution in [2.75, 3.05) is 13.1 Å². The normalized spacial score (nSPS) is 27.7. The minimum atomic E-state index is -2.42. The van der Waals surface area contributed by atoms with Gasteiger partial charge in [0.15, 0.2) is 0 Å². The van der Waals surface area contributed by atoms with E-state index in [0.29, 0.717) is 12.8 Å². The van der Waals surface area contributed by atoms with Crippen LogP contribution in [0, 0.1) is 0 Å². The largest absolute Gasteiger partial charge is 0.328 e. The summed E-state index contributed by atoms with van der Waals surface area (Å²) in [5.41, 5.74) is 5.42. The minimum Gasteiger partial charge on any atom is -0.328 e. The predicted molar refractivity (Wildman–Crippen MR) is 72.3 cm³/mol. The van der Waals surface area contributed by atoms with Crippen LogP contribution < -0.4 is 5.73 Å². The number of halogens is 2. The number of hydrogen-bond acceptors (Lipinski definition) is 3. The molecule has 1 aliphatic carbocycles. The molecule has 2 N–H and O–H groups in total. The Morgan fingerprint density at radius 1 is 1.32 bits per heavy atom. The first-order chi connectivity index (χ1) is 8.98. The Hall–Kier alpha value is -0.550. The first kappa shape index (κ1) is 16.5. The average molecular weight is 276 g/mol. The van der Waals surface area contributed by atoms with E-state index in [9.17, 15) is 13.6 Å². The van der Waals surface area contributed by atoms with Crippen LogP contribution in [-0.4, -0.2) is 42.3 Å². The van der Waals surface area contributed by atoms with E-state index in [1.807, 2.05) is 0 Å². The van der Waals surface area contributed by atoms with Crippen LogP contribution in [0.2, 0.25) is 0 Å². The second-order valence-electron chi connectivity index (χ2n) is 5.58. The molecule has 1 atom stereocenters. The number of hydrogen-bond donors (Lipinski definition) is 1. The summed E-state index contributed by atoms with van der Waals surface area (Å²) in [6.07, 6.45) is 5.43. The molecular weight excluding hydrogens is 250 g/mol. The monoisotopic (exact) mass is 276 g/mol. The number of nitrogens with two attached hydrogens (primary N) is 1. The Balaban J connectivity index is 0.000000191. The Morgan fingerprint density at radius 2 is 1.95 bits per heavy atom. The number of alkyl halides is 2. The maximum absolute atomic E-state index is 12.3. The SMILES string of the molecule is CCCN1CCCC1C=O.NC1CCC(F)(F)CC1. The molecule has 1 saturated heterocycles. The zero-order chi connectivity index (χ0) is 14.3. The van der Waals surface area contributed by atoms with E-state index in [4.69, 9.17) is 5.73 Å². The Morgan fingerprint density at radius 3 is 2.42 bits per heavy atom. The average Bonchev–Trinajstić information content (AvgIpc) is 2.82. The Bertz CT molecular complexity index is 264. The molecule has 19 heavy (non-hydrogen) atoms. The minimum absolute atomic E-state index is 0.0182. The zero-order valence-corrected chi connectivity index (χ0v) is 11.8. The van der Waals surface area contributed by atoms with Crippen LogP contribution in [0.5, 0.6) is 0 Å². The van der Waals surface area contributed by atoms with E-state index >= 15 is 0 Å². The molecule has 2 fully saturated rings. The lowest BCUT2D eigenvalue weighted by atomic mass is 9.93. The first-order valence-electron chi connectivity index (χ1n) is 7.31. The number of carbonyl (C=O) groups excluding carboxylic acids is 1. The van der Waals surface area contributed by atoms with Gasteiger partial charge >= 0.3 is 0 Å². The predicted octanol–water partition coefficient (Wildman–Crippen LogP) is 2.58. The molecule has 1 aliphatic heterocycles. The van der Waals surface area contributed by atoms with Gasteiger partial charge < -0.3 is 10.5 Å². The molecule has 1 heterocycles. The Labute approximate surface area is 114 Å². The van der Waals surface area contributed by atoms with Crippen molar-refractivity contribution in [2.24, 2.45) is 5.73 Å². The second kappa shape index (κ2) is 7.90. The number of aldehydes is 1. The molecule has 5 heteroatoms. The van der Waals surface area contributed by atoms with Crippen LogP contribution >= 0.6 is 0 Å². The molecule has 0 aromatic carbocycles. The summed E-state index contributed by atoms with van der Waals surface area (Å²) in [6.45, 7) is 4.36. The van der Waals surface area contributed by atoms with Crippen LogP contribution in [0.3, 0.4) is 0 Å².